The maximum absolute atomic E-state index is 13.5. The van der Waals surface area contributed by atoms with E-state index >= 15 is 0 Å². The zero-order valence-electron chi connectivity index (χ0n) is 28.7. The van der Waals surface area contributed by atoms with Crippen molar-refractivity contribution in [3.8, 4) is 28.0 Å². The highest BCUT2D eigenvalue weighted by molar-refractivity contribution is 7.13. The number of nitrogens with zero attached hydrogens (tertiary/aromatic N) is 3. The van der Waals surface area contributed by atoms with Gasteiger partial charge in [0, 0.05) is 48.0 Å². The quantitative estimate of drug-likeness (QED) is 0.140. The van der Waals surface area contributed by atoms with Crippen LogP contribution >= 0.6 is 11.3 Å². The number of carbonyl (C=O) groups excluding carboxylic acids is 2. The number of pyridine rings is 1. The third kappa shape index (κ3) is 8.13. The molecule has 1 aliphatic heterocycles. The Hall–Kier alpha value is -5.24. The fourth-order valence-electron chi connectivity index (χ4n) is 5.58. The summed E-state index contributed by atoms with van der Waals surface area (Å²) >= 11 is 1.56. The van der Waals surface area contributed by atoms with Crippen LogP contribution in [0.15, 0.2) is 72.2 Å². The summed E-state index contributed by atoms with van der Waals surface area (Å²) in [4.78, 5) is 37.3. The van der Waals surface area contributed by atoms with E-state index < -0.39 is 12.1 Å². The lowest BCUT2D eigenvalue weighted by atomic mass is 9.86. The Kier molecular flexibility index (Phi) is 10.5. The fraction of sp³-hybridized carbons (Fsp3) is 0.297. The molecule has 0 radical (unpaired) electrons. The van der Waals surface area contributed by atoms with Gasteiger partial charge in [0.15, 0.2) is 5.75 Å². The summed E-state index contributed by atoms with van der Waals surface area (Å²) in [6, 6.07) is 18.1. The molecule has 2 aromatic heterocycles. The molecule has 13 heteroatoms. The minimum atomic E-state index is -0.654. The Bertz CT molecular complexity index is 2000. The molecule has 3 amide bonds. The molecule has 6 rings (SSSR count). The molecule has 12 nitrogen and oxygen atoms in total. The van der Waals surface area contributed by atoms with Gasteiger partial charge in [0.2, 0.25) is 0 Å². The summed E-state index contributed by atoms with van der Waals surface area (Å²) in [6.07, 6.45) is 1.06. The van der Waals surface area contributed by atoms with Crippen molar-refractivity contribution >= 4 is 51.3 Å². The third-order valence-electron chi connectivity index (χ3n) is 8.18. The molecular formula is C37H40N6O6S. The predicted molar refractivity (Wildman–Crippen MR) is 196 cm³/mol. The molecule has 50 heavy (non-hydrogen) atoms. The first kappa shape index (κ1) is 34.6. The van der Waals surface area contributed by atoms with Crippen LogP contribution in [0.3, 0.4) is 0 Å². The van der Waals surface area contributed by atoms with Crippen LogP contribution in [0.2, 0.25) is 0 Å². The zero-order chi connectivity index (χ0) is 35.3. The van der Waals surface area contributed by atoms with Crippen molar-refractivity contribution in [2.75, 3.05) is 56.5 Å². The average molecular weight is 697 g/mol. The summed E-state index contributed by atoms with van der Waals surface area (Å²) in [5.41, 5.74) is 3.66. The number of thiazole rings is 1. The summed E-state index contributed by atoms with van der Waals surface area (Å²) in [5.74, 6) is 1.52. The van der Waals surface area contributed by atoms with Gasteiger partial charge in [-0.1, -0.05) is 45.0 Å². The van der Waals surface area contributed by atoms with Crippen molar-refractivity contribution in [1.82, 2.24) is 14.9 Å². The maximum Gasteiger partial charge on any atom is 0.411 e. The Morgan fingerprint density at radius 2 is 1.64 bits per heavy atom. The van der Waals surface area contributed by atoms with Crippen molar-refractivity contribution in [1.29, 1.82) is 0 Å². The Morgan fingerprint density at radius 3 is 2.36 bits per heavy atom. The number of ether oxygens (including phenoxy) is 4. The number of aromatic nitrogens is 2. The number of carbonyl (C=O) groups is 2. The van der Waals surface area contributed by atoms with Crippen molar-refractivity contribution in [3.63, 3.8) is 0 Å². The predicted octanol–water partition coefficient (Wildman–Crippen LogP) is 8.11. The number of fused-ring (bicyclic) bond motifs is 1. The van der Waals surface area contributed by atoms with Gasteiger partial charge in [-0.05, 0) is 41.3 Å². The fourth-order valence-corrected chi connectivity index (χ4v) is 6.36. The van der Waals surface area contributed by atoms with Gasteiger partial charge in [0.1, 0.15) is 22.2 Å². The molecule has 1 aliphatic rings. The molecule has 3 N–H and O–H groups in total. The lowest BCUT2D eigenvalue weighted by Crippen LogP contribution is -2.35. The van der Waals surface area contributed by atoms with Crippen LogP contribution in [0.25, 0.3) is 21.5 Å². The van der Waals surface area contributed by atoms with Crippen LogP contribution in [0.4, 0.5) is 26.7 Å². The Morgan fingerprint density at radius 1 is 0.920 bits per heavy atom. The number of hydrogen-bond donors (Lipinski definition) is 3. The second kappa shape index (κ2) is 15.1. The molecule has 0 aliphatic carbocycles. The second-order valence-corrected chi connectivity index (χ2v) is 13.6. The maximum atomic E-state index is 13.5. The van der Waals surface area contributed by atoms with Gasteiger partial charge in [-0.2, -0.15) is 0 Å². The topological polar surface area (TPSA) is 136 Å². The lowest BCUT2D eigenvalue weighted by molar-refractivity contribution is 0.0337. The third-order valence-corrected chi connectivity index (χ3v) is 9.09. The molecular weight excluding hydrogens is 657 g/mol. The largest absolute Gasteiger partial charge is 0.492 e. The first-order valence-electron chi connectivity index (χ1n) is 16.2. The van der Waals surface area contributed by atoms with E-state index in [1.54, 1.807) is 29.7 Å². The number of morpholine rings is 1. The molecule has 0 bridgehead atoms. The smallest absolute Gasteiger partial charge is 0.411 e. The van der Waals surface area contributed by atoms with Gasteiger partial charge in [0.25, 0.3) is 0 Å². The number of urea groups is 1. The van der Waals surface area contributed by atoms with E-state index in [1.165, 1.54) is 14.2 Å². The van der Waals surface area contributed by atoms with E-state index in [2.05, 4.69) is 31.2 Å². The molecule has 0 spiro atoms. The lowest BCUT2D eigenvalue weighted by Gasteiger charge is -2.25. The van der Waals surface area contributed by atoms with Crippen LogP contribution < -0.4 is 25.4 Å². The van der Waals surface area contributed by atoms with E-state index in [9.17, 15) is 9.59 Å². The van der Waals surface area contributed by atoms with Crippen LogP contribution in [0.1, 0.15) is 32.0 Å². The highest BCUT2D eigenvalue weighted by Crippen LogP contribution is 2.40. The minimum Gasteiger partial charge on any atom is -0.492 e. The number of rotatable bonds is 9. The normalized spacial score (nSPS) is 13.5. The Balaban J connectivity index is 1.21. The van der Waals surface area contributed by atoms with Gasteiger partial charge in [-0.3, -0.25) is 15.2 Å². The van der Waals surface area contributed by atoms with Crippen molar-refractivity contribution in [2.45, 2.75) is 32.7 Å². The molecule has 0 atom stereocenters. The number of benzene rings is 3. The summed E-state index contributed by atoms with van der Waals surface area (Å²) in [6.45, 7) is 10.2. The van der Waals surface area contributed by atoms with Crippen molar-refractivity contribution in [3.05, 3.63) is 83.5 Å². The summed E-state index contributed by atoms with van der Waals surface area (Å²) in [5, 5.41) is 13.0. The van der Waals surface area contributed by atoms with Crippen LogP contribution in [0, 0.1) is 0 Å². The average Bonchev–Trinajstić information content (AvgIpc) is 3.58. The SMILES string of the molecule is COC(=O)Nc1cc(C(C)(C)C)cc(NC(=O)Nc2ccc(Oc3ccnc(-c4nc(CN5CCOCC5)cs4)c3)c3ccccc23)c1OC. The first-order chi connectivity index (χ1) is 24.1. The van der Waals surface area contributed by atoms with E-state index in [0.717, 1.165) is 65.6 Å². The molecule has 0 unspecified atom stereocenters. The molecule has 0 saturated carbocycles. The molecule has 5 aromatic rings. The van der Waals surface area contributed by atoms with E-state index in [-0.39, 0.29) is 11.2 Å². The second-order valence-electron chi connectivity index (χ2n) is 12.7. The van der Waals surface area contributed by atoms with E-state index in [1.807, 2.05) is 69.3 Å². The molecule has 260 valence electrons. The summed E-state index contributed by atoms with van der Waals surface area (Å²) < 4.78 is 22.3. The van der Waals surface area contributed by atoms with Crippen molar-refractivity contribution in [2.24, 2.45) is 0 Å². The van der Waals surface area contributed by atoms with Gasteiger partial charge >= 0.3 is 12.1 Å². The number of hydrogen-bond acceptors (Lipinski definition) is 10. The van der Waals surface area contributed by atoms with Gasteiger partial charge < -0.3 is 29.6 Å². The number of nitrogens with one attached hydrogen (secondary N) is 3. The number of anilines is 3. The monoisotopic (exact) mass is 696 g/mol. The minimum absolute atomic E-state index is 0.287. The van der Waals surface area contributed by atoms with Gasteiger partial charge in [-0.15, -0.1) is 11.3 Å². The first-order valence-corrected chi connectivity index (χ1v) is 17.1. The van der Waals surface area contributed by atoms with Gasteiger partial charge in [-0.25, -0.2) is 14.6 Å². The highest BCUT2D eigenvalue weighted by Gasteiger charge is 2.22. The Labute approximate surface area is 294 Å². The van der Waals surface area contributed by atoms with Crippen LogP contribution in [-0.4, -0.2) is 67.5 Å². The molecule has 1 saturated heterocycles. The van der Waals surface area contributed by atoms with E-state index in [0.29, 0.717) is 28.6 Å². The number of methoxy groups -OCH3 is 2. The summed E-state index contributed by atoms with van der Waals surface area (Å²) in [7, 11) is 2.75. The highest BCUT2D eigenvalue weighted by atomic mass is 32.1. The molecule has 3 heterocycles. The van der Waals surface area contributed by atoms with Gasteiger partial charge in [0.05, 0.1) is 50.2 Å². The van der Waals surface area contributed by atoms with Crippen molar-refractivity contribution < 1.29 is 28.5 Å². The van der Waals surface area contributed by atoms with Crippen LogP contribution in [0.5, 0.6) is 17.2 Å². The van der Waals surface area contributed by atoms with Crippen LogP contribution in [-0.2, 0) is 21.4 Å². The number of amides is 3. The van der Waals surface area contributed by atoms with E-state index in [4.69, 9.17) is 23.9 Å². The molecule has 1 fully saturated rings. The molecule has 3 aromatic carbocycles. The zero-order valence-corrected chi connectivity index (χ0v) is 29.5. The standard InChI is InChI=1S/C37H40N6O6S/c1-37(2,3)23-18-29(33(46-4)30(19-23)42-36(45)47-5)41-35(44)40-28-10-11-32(27-9-7-6-8-26(27)28)49-25-12-13-38-31(20-25)34-39-24(22-50-34)21-43-14-16-48-17-15-43/h6-13,18-20,22H,14-17,21H2,1-5H3,(H,42,45)(H2,40,41,44).